The molecule has 0 aliphatic rings. The van der Waals surface area contributed by atoms with E-state index in [1.165, 1.54) is 0 Å². The van der Waals surface area contributed by atoms with Gasteiger partial charge in [0.2, 0.25) is 0 Å². The van der Waals surface area contributed by atoms with Crippen molar-refractivity contribution in [3.63, 3.8) is 0 Å². The first-order valence-corrected chi connectivity index (χ1v) is 8.15. The van der Waals surface area contributed by atoms with Gasteiger partial charge in [0.15, 0.2) is 0 Å². The van der Waals surface area contributed by atoms with Crippen LogP contribution >= 0.6 is 0 Å². The molecule has 0 saturated carbocycles. The van der Waals surface area contributed by atoms with Gasteiger partial charge in [-0.2, -0.15) is 8.78 Å². The van der Waals surface area contributed by atoms with Gasteiger partial charge in [-0.1, -0.05) is 48.5 Å². The second kappa shape index (κ2) is 8.26. The number of rotatable bonds is 6. The molecule has 1 amide bonds. The summed E-state index contributed by atoms with van der Waals surface area (Å²) in [4.78, 5) is 23.0. The minimum Gasteiger partial charge on any atom is -0.434 e. The lowest BCUT2D eigenvalue weighted by molar-refractivity contribution is -0.384. The highest BCUT2D eigenvalue weighted by molar-refractivity contribution is 6.08. The van der Waals surface area contributed by atoms with Crippen LogP contribution in [0.4, 0.5) is 20.2 Å². The van der Waals surface area contributed by atoms with Crippen molar-refractivity contribution in [1.29, 1.82) is 0 Å². The first-order chi connectivity index (χ1) is 13.5. The average Bonchev–Trinajstić information content (AvgIpc) is 2.68. The number of amides is 1. The topological polar surface area (TPSA) is 81.5 Å². The lowest BCUT2D eigenvalue weighted by Gasteiger charge is -2.13. The molecule has 0 aliphatic heterocycles. The molecule has 0 fully saturated rings. The van der Waals surface area contributed by atoms with Gasteiger partial charge in [0.25, 0.3) is 11.6 Å². The van der Waals surface area contributed by atoms with Crippen LogP contribution in [0.5, 0.6) is 5.75 Å². The van der Waals surface area contributed by atoms with E-state index in [9.17, 15) is 23.7 Å². The molecule has 1 N–H and O–H groups in total. The van der Waals surface area contributed by atoms with E-state index in [1.54, 1.807) is 24.3 Å². The van der Waals surface area contributed by atoms with Crippen molar-refractivity contribution in [2.24, 2.45) is 0 Å². The first-order valence-electron chi connectivity index (χ1n) is 8.15. The average molecular weight is 384 g/mol. The molecule has 0 atom stereocenters. The molecule has 0 spiro atoms. The summed E-state index contributed by atoms with van der Waals surface area (Å²) in [5, 5.41) is 13.6. The third-order valence-corrected chi connectivity index (χ3v) is 3.89. The van der Waals surface area contributed by atoms with Crippen molar-refractivity contribution < 1.29 is 23.2 Å². The molecule has 142 valence electrons. The largest absolute Gasteiger partial charge is 0.434 e. The predicted octanol–water partition coefficient (Wildman–Crippen LogP) is 5.12. The Bertz CT molecular complexity index is 1010. The molecule has 0 saturated heterocycles. The summed E-state index contributed by atoms with van der Waals surface area (Å²) in [5.74, 6) is -1.25. The standard InChI is InChI=1S/C20H14F2N2O4/c21-20(22)28-18-11-10-14(24(26)27)12-16(18)19(25)23-17-9-5-4-8-15(17)13-6-2-1-3-7-13/h1-12,20H,(H,23,25). The second-order valence-electron chi connectivity index (χ2n) is 5.68. The highest BCUT2D eigenvalue weighted by atomic mass is 19.3. The molecule has 3 aromatic carbocycles. The molecular weight excluding hydrogens is 370 g/mol. The van der Waals surface area contributed by atoms with Crippen molar-refractivity contribution in [3.8, 4) is 16.9 Å². The number of alkyl halides is 2. The smallest absolute Gasteiger partial charge is 0.387 e. The van der Waals surface area contributed by atoms with Crippen LogP contribution < -0.4 is 10.1 Å². The van der Waals surface area contributed by atoms with Crippen LogP contribution in [0, 0.1) is 10.1 Å². The van der Waals surface area contributed by atoms with Gasteiger partial charge >= 0.3 is 6.61 Å². The fourth-order valence-corrected chi connectivity index (χ4v) is 2.66. The molecule has 0 aromatic heterocycles. The summed E-state index contributed by atoms with van der Waals surface area (Å²) in [6.45, 7) is -3.18. The van der Waals surface area contributed by atoms with E-state index in [0.29, 0.717) is 11.3 Å². The first kappa shape index (κ1) is 19.0. The molecular formula is C20H14F2N2O4. The molecule has 0 bridgehead atoms. The Morgan fingerprint density at radius 3 is 2.36 bits per heavy atom. The number of carbonyl (C=O) groups is 1. The third kappa shape index (κ3) is 4.29. The monoisotopic (exact) mass is 384 g/mol. The normalized spacial score (nSPS) is 10.5. The number of ether oxygens (including phenoxy) is 1. The quantitative estimate of drug-likeness (QED) is 0.473. The Labute approximate surface area is 158 Å². The number of nitro groups is 1. The van der Waals surface area contributed by atoms with Crippen molar-refractivity contribution in [3.05, 3.63) is 88.5 Å². The van der Waals surface area contributed by atoms with Gasteiger partial charge in [0.05, 0.1) is 10.5 Å². The van der Waals surface area contributed by atoms with Crippen LogP contribution in [-0.2, 0) is 0 Å². The van der Waals surface area contributed by atoms with E-state index in [-0.39, 0.29) is 5.56 Å². The molecule has 0 unspecified atom stereocenters. The summed E-state index contributed by atoms with van der Waals surface area (Å²) in [6.07, 6.45) is 0. The number of hydrogen-bond acceptors (Lipinski definition) is 4. The number of halogens is 2. The highest BCUT2D eigenvalue weighted by Gasteiger charge is 2.21. The molecule has 6 nitrogen and oxygen atoms in total. The van der Waals surface area contributed by atoms with Crippen LogP contribution in [0.3, 0.4) is 0 Å². The number of nitrogens with zero attached hydrogens (tertiary/aromatic N) is 1. The lowest BCUT2D eigenvalue weighted by Crippen LogP contribution is -2.16. The van der Waals surface area contributed by atoms with Gasteiger partial charge in [-0.15, -0.1) is 0 Å². The Morgan fingerprint density at radius 1 is 1.00 bits per heavy atom. The van der Waals surface area contributed by atoms with Crippen LogP contribution in [0.15, 0.2) is 72.8 Å². The van der Waals surface area contributed by atoms with Crippen molar-refractivity contribution >= 4 is 17.3 Å². The molecule has 3 aromatic rings. The summed E-state index contributed by atoms with van der Waals surface area (Å²) < 4.78 is 29.6. The summed E-state index contributed by atoms with van der Waals surface area (Å²) in [6, 6.07) is 19.0. The van der Waals surface area contributed by atoms with Crippen LogP contribution in [-0.4, -0.2) is 17.4 Å². The van der Waals surface area contributed by atoms with Gasteiger partial charge in [-0.25, -0.2) is 0 Å². The van der Waals surface area contributed by atoms with Crippen molar-refractivity contribution in [2.45, 2.75) is 6.61 Å². The number of hydrogen-bond donors (Lipinski definition) is 1. The van der Waals surface area contributed by atoms with Gasteiger partial charge in [0.1, 0.15) is 5.75 Å². The van der Waals surface area contributed by atoms with Crippen LogP contribution in [0.25, 0.3) is 11.1 Å². The maximum atomic E-state index is 12.7. The third-order valence-electron chi connectivity index (χ3n) is 3.89. The molecule has 0 radical (unpaired) electrons. The van der Waals surface area contributed by atoms with Gasteiger partial charge < -0.3 is 10.1 Å². The number of non-ortho nitro benzene ring substituents is 1. The molecule has 0 aliphatic carbocycles. The predicted molar refractivity (Wildman–Crippen MR) is 99.6 cm³/mol. The molecule has 28 heavy (non-hydrogen) atoms. The van der Waals surface area contributed by atoms with Crippen molar-refractivity contribution in [2.75, 3.05) is 5.32 Å². The minimum atomic E-state index is -3.18. The Balaban J connectivity index is 1.98. The highest BCUT2D eigenvalue weighted by Crippen LogP contribution is 2.30. The fraction of sp³-hybridized carbons (Fsp3) is 0.0500. The zero-order valence-electron chi connectivity index (χ0n) is 14.3. The zero-order chi connectivity index (χ0) is 20.1. The van der Waals surface area contributed by atoms with E-state index < -0.39 is 28.9 Å². The summed E-state index contributed by atoms with van der Waals surface area (Å²) >= 11 is 0. The number of para-hydroxylation sites is 1. The number of nitro benzene ring substituents is 1. The van der Waals surface area contributed by atoms with Crippen LogP contribution in [0.2, 0.25) is 0 Å². The Kier molecular flexibility index (Phi) is 5.59. The second-order valence-corrected chi connectivity index (χ2v) is 5.68. The zero-order valence-corrected chi connectivity index (χ0v) is 14.3. The Hall–Kier alpha value is -3.81. The maximum absolute atomic E-state index is 12.7. The van der Waals surface area contributed by atoms with Gasteiger partial charge in [0, 0.05) is 23.4 Å². The lowest BCUT2D eigenvalue weighted by atomic mass is 10.0. The fourth-order valence-electron chi connectivity index (χ4n) is 2.66. The van der Waals surface area contributed by atoms with Gasteiger partial charge in [-0.05, 0) is 17.7 Å². The number of benzene rings is 3. The van der Waals surface area contributed by atoms with Crippen molar-refractivity contribution in [1.82, 2.24) is 0 Å². The van der Waals surface area contributed by atoms with Crippen LogP contribution in [0.1, 0.15) is 10.4 Å². The Morgan fingerprint density at radius 2 is 1.68 bits per heavy atom. The summed E-state index contributed by atoms with van der Waals surface area (Å²) in [7, 11) is 0. The van der Waals surface area contributed by atoms with E-state index in [4.69, 9.17) is 0 Å². The number of anilines is 1. The SMILES string of the molecule is O=C(Nc1ccccc1-c1ccccc1)c1cc([N+](=O)[O-])ccc1OC(F)F. The maximum Gasteiger partial charge on any atom is 0.387 e. The summed E-state index contributed by atoms with van der Waals surface area (Å²) in [5.41, 5.74) is 1.19. The number of carbonyl (C=O) groups excluding carboxylic acids is 1. The minimum absolute atomic E-state index is 0.364. The molecule has 8 heteroatoms. The van der Waals surface area contributed by atoms with E-state index in [0.717, 1.165) is 23.8 Å². The number of nitrogens with one attached hydrogen (secondary N) is 1. The van der Waals surface area contributed by atoms with E-state index in [1.807, 2.05) is 30.3 Å². The van der Waals surface area contributed by atoms with E-state index >= 15 is 0 Å². The van der Waals surface area contributed by atoms with E-state index in [2.05, 4.69) is 10.1 Å². The molecule has 3 rings (SSSR count). The molecule has 0 heterocycles. The van der Waals surface area contributed by atoms with Gasteiger partial charge in [-0.3, -0.25) is 14.9 Å².